The van der Waals surface area contributed by atoms with E-state index in [4.69, 9.17) is 0 Å². The molecule has 1 heteroatoms. The number of hydrogen-bond acceptors (Lipinski definition) is 1. The second-order valence-electron chi connectivity index (χ2n) is 12.7. The smallest absolute Gasteiger partial charge is 0.0473 e. The second-order valence-corrected chi connectivity index (χ2v) is 12.7. The number of benzene rings is 7. The van der Waals surface area contributed by atoms with Crippen LogP contribution in [0.4, 0.5) is 17.1 Å². The van der Waals surface area contributed by atoms with Crippen LogP contribution in [0.1, 0.15) is 25.0 Å². The van der Waals surface area contributed by atoms with Crippen LogP contribution in [-0.4, -0.2) is 0 Å². The summed E-state index contributed by atoms with van der Waals surface area (Å²) in [6.45, 7) is 4.71. The average Bonchev–Trinajstić information content (AvgIpc) is 3.35. The highest BCUT2D eigenvalue weighted by Crippen LogP contribution is 2.51. The molecule has 8 rings (SSSR count). The minimum absolute atomic E-state index is 0.0966. The van der Waals surface area contributed by atoms with Crippen LogP contribution < -0.4 is 4.90 Å². The van der Waals surface area contributed by atoms with E-state index < -0.39 is 0 Å². The van der Waals surface area contributed by atoms with Gasteiger partial charge in [0.05, 0.1) is 0 Å². The Hall–Kier alpha value is -5.66. The number of nitrogens with zero attached hydrogens (tertiary/aromatic N) is 1. The van der Waals surface area contributed by atoms with Crippen LogP contribution in [0.25, 0.3) is 44.5 Å². The molecule has 0 spiro atoms. The maximum Gasteiger partial charge on any atom is 0.0473 e. The molecule has 0 amide bonds. The van der Waals surface area contributed by atoms with Crippen LogP contribution in [0, 0.1) is 0 Å². The van der Waals surface area contributed by atoms with Gasteiger partial charge in [0.25, 0.3) is 0 Å². The Labute approximate surface area is 272 Å². The molecule has 0 saturated carbocycles. The summed E-state index contributed by atoms with van der Waals surface area (Å²) in [4.78, 5) is 2.44. The quantitative estimate of drug-likeness (QED) is 0.186. The van der Waals surface area contributed by atoms with Gasteiger partial charge in [-0.3, -0.25) is 0 Å². The third kappa shape index (κ3) is 4.91. The highest BCUT2D eigenvalue weighted by atomic mass is 15.1. The minimum Gasteiger partial charge on any atom is -0.310 e. The molecule has 0 saturated heterocycles. The predicted octanol–water partition coefficient (Wildman–Crippen LogP) is 12.5. The van der Waals surface area contributed by atoms with E-state index in [0.29, 0.717) is 0 Å². The largest absolute Gasteiger partial charge is 0.310 e. The first kappa shape index (κ1) is 27.9. The van der Waals surface area contributed by atoms with Gasteiger partial charge in [-0.15, -0.1) is 0 Å². The lowest BCUT2D eigenvalue weighted by Crippen LogP contribution is -2.16. The fourth-order valence-electron chi connectivity index (χ4n) is 7.07. The molecule has 0 heterocycles. The van der Waals surface area contributed by atoms with Gasteiger partial charge in [-0.25, -0.2) is 0 Å². The van der Waals surface area contributed by atoms with Crippen molar-refractivity contribution in [2.24, 2.45) is 0 Å². The molecule has 0 radical (unpaired) electrons. The monoisotopic (exact) mass is 589 g/mol. The van der Waals surface area contributed by atoms with Gasteiger partial charge in [0.1, 0.15) is 0 Å². The van der Waals surface area contributed by atoms with Gasteiger partial charge in [-0.1, -0.05) is 147 Å². The fraction of sp³-hybridized carbons (Fsp3) is 0.0667. The molecule has 0 atom stereocenters. The van der Waals surface area contributed by atoms with Crippen molar-refractivity contribution in [1.29, 1.82) is 0 Å². The SMILES string of the molecule is CC1(C)c2ccccc2-c2ccc(N(c3cccc(-c4ccccc4)c3)c3cc(-c4ccccc4)cc(-c4ccccc4)c3)cc21. The van der Waals surface area contributed by atoms with E-state index in [1.54, 1.807) is 0 Å². The van der Waals surface area contributed by atoms with Gasteiger partial charge in [0.15, 0.2) is 0 Å². The van der Waals surface area contributed by atoms with Gasteiger partial charge in [-0.2, -0.15) is 0 Å². The maximum atomic E-state index is 2.44. The molecule has 1 nitrogen and oxygen atoms in total. The number of hydrogen-bond donors (Lipinski definition) is 0. The predicted molar refractivity (Wildman–Crippen MR) is 195 cm³/mol. The van der Waals surface area contributed by atoms with Gasteiger partial charge >= 0.3 is 0 Å². The molecule has 7 aromatic rings. The molecule has 220 valence electrons. The Morgan fingerprint density at radius 3 is 1.43 bits per heavy atom. The molecule has 0 bridgehead atoms. The third-order valence-corrected chi connectivity index (χ3v) is 9.43. The summed E-state index contributed by atoms with van der Waals surface area (Å²) in [7, 11) is 0. The molecule has 1 aliphatic rings. The first-order chi connectivity index (χ1) is 22.6. The Kier molecular flexibility index (Phi) is 6.88. The zero-order valence-corrected chi connectivity index (χ0v) is 26.2. The summed E-state index contributed by atoms with van der Waals surface area (Å²) in [5.74, 6) is 0. The van der Waals surface area contributed by atoms with Gasteiger partial charge in [-0.05, 0) is 98.1 Å². The summed E-state index contributed by atoms with van der Waals surface area (Å²) in [6.07, 6.45) is 0. The van der Waals surface area contributed by atoms with E-state index in [2.05, 4.69) is 195 Å². The van der Waals surface area contributed by atoms with Crippen molar-refractivity contribution < 1.29 is 0 Å². The summed E-state index contributed by atoms with van der Waals surface area (Å²) in [5, 5.41) is 0. The van der Waals surface area contributed by atoms with Crippen LogP contribution >= 0.6 is 0 Å². The van der Waals surface area contributed by atoms with Crippen molar-refractivity contribution in [3.05, 3.63) is 187 Å². The van der Waals surface area contributed by atoms with Crippen molar-refractivity contribution in [2.75, 3.05) is 4.90 Å². The van der Waals surface area contributed by atoms with Crippen molar-refractivity contribution in [3.8, 4) is 44.5 Å². The first-order valence-corrected chi connectivity index (χ1v) is 16.0. The fourth-order valence-corrected chi connectivity index (χ4v) is 7.07. The molecule has 0 aliphatic heterocycles. The normalized spacial score (nSPS) is 12.7. The summed E-state index contributed by atoms with van der Waals surface area (Å²) in [6, 6.07) is 63.9. The molecular weight excluding hydrogens is 555 g/mol. The summed E-state index contributed by atoms with van der Waals surface area (Å²) < 4.78 is 0. The van der Waals surface area contributed by atoms with E-state index in [1.165, 1.54) is 55.6 Å². The van der Waals surface area contributed by atoms with Crippen LogP contribution in [0.5, 0.6) is 0 Å². The molecule has 7 aromatic carbocycles. The van der Waals surface area contributed by atoms with Gasteiger partial charge in [0.2, 0.25) is 0 Å². The van der Waals surface area contributed by atoms with Crippen molar-refractivity contribution in [3.63, 3.8) is 0 Å². The van der Waals surface area contributed by atoms with E-state index >= 15 is 0 Å². The van der Waals surface area contributed by atoms with Crippen LogP contribution in [0.3, 0.4) is 0 Å². The molecule has 0 N–H and O–H groups in total. The minimum atomic E-state index is -0.0966. The van der Waals surface area contributed by atoms with E-state index in [1.807, 2.05) is 0 Å². The molecule has 46 heavy (non-hydrogen) atoms. The van der Waals surface area contributed by atoms with E-state index in [0.717, 1.165) is 17.1 Å². The zero-order chi connectivity index (χ0) is 31.1. The van der Waals surface area contributed by atoms with Crippen molar-refractivity contribution in [1.82, 2.24) is 0 Å². The van der Waals surface area contributed by atoms with Gasteiger partial charge < -0.3 is 4.90 Å². The first-order valence-electron chi connectivity index (χ1n) is 16.0. The van der Waals surface area contributed by atoms with Crippen LogP contribution in [-0.2, 0) is 5.41 Å². The summed E-state index contributed by atoms with van der Waals surface area (Å²) >= 11 is 0. The van der Waals surface area contributed by atoms with E-state index in [-0.39, 0.29) is 5.41 Å². The number of anilines is 3. The summed E-state index contributed by atoms with van der Waals surface area (Å²) in [5.41, 5.74) is 15.9. The third-order valence-electron chi connectivity index (χ3n) is 9.43. The molecule has 0 fully saturated rings. The molecule has 0 unspecified atom stereocenters. The Morgan fingerprint density at radius 1 is 0.326 bits per heavy atom. The lowest BCUT2D eigenvalue weighted by Gasteiger charge is -2.29. The molecule has 1 aliphatic carbocycles. The maximum absolute atomic E-state index is 2.44. The lowest BCUT2D eigenvalue weighted by atomic mass is 9.82. The van der Waals surface area contributed by atoms with Gasteiger partial charge in [0, 0.05) is 22.5 Å². The topological polar surface area (TPSA) is 3.24 Å². The van der Waals surface area contributed by atoms with Crippen LogP contribution in [0.2, 0.25) is 0 Å². The highest BCUT2D eigenvalue weighted by Gasteiger charge is 2.35. The zero-order valence-electron chi connectivity index (χ0n) is 26.2. The van der Waals surface area contributed by atoms with Crippen molar-refractivity contribution in [2.45, 2.75) is 19.3 Å². The Bertz CT molecular complexity index is 2100. The Balaban J connectivity index is 1.37. The Morgan fingerprint density at radius 2 is 0.804 bits per heavy atom. The molecular formula is C45H35N. The molecule has 0 aromatic heterocycles. The highest BCUT2D eigenvalue weighted by molar-refractivity contribution is 5.89. The lowest BCUT2D eigenvalue weighted by molar-refractivity contribution is 0.660. The van der Waals surface area contributed by atoms with E-state index in [9.17, 15) is 0 Å². The second kappa shape index (κ2) is 11.4. The average molecular weight is 590 g/mol. The van der Waals surface area contributed by atoms with Crippen molar-refractivity contribution >= 4 is 17.1 Å². The number of fused-ring (bicyclic) bond motifs is 3. The number of rotatable bonds is 6. The standard InChI is InChI=1S/C45H35N/c1-45(2)43-24-13-12-23-41(43)42-26-25-39(31-44(42)45)46(38-22-14-21-35(28-38)32-15-6-3-7-16-32)40-29-36(33-17-8-4-9-18-33)27-37(30-40)34-19-10-5-11-20-34/h3-31H,1-2H3. The van der Waals surface area contributed by atoms with Crippen LogP contribution in [0.15, 0.2) is 176 Å².